The third-order valence-electron chi connectivity index (χ3n) is 4.91. The number of nitrogens with one attached hydrogen (secondary N) is 1. The van der Waals surface area contributed by atoms with Crippen LogP contribution in [0.3, 0.4) is 0 Å². The molecule has 0 radical (unpaired) electrons. The number of hydrogen-bond acceptors (Lipinski definition) is 4. The topological polar surface area (TPSA) is 73.2 Å². The number of imidazole rings is 1. The molecule has 1 aromatic rings. The molecule has 6 nitrogen and oxygen atoms in total. The van der Waals surface area contributed by atoms with Crippen LogP contribution in [0, 0.1) is 5.41 Å². The van der Waals surface area contributed by atoms with Crippen LogP contribution in [0.15, 0.2) is 17.6 Å². The molecule has 0 aromatic carbocycles. The van der Waals surface area contributed by atoms with Crippen LogP contribution in [0.2, 0.25) is 0 Å². The molecule has 1 saturated heterocycles. The van der Waals surface area contributed by atoms with Gasteiger partial charge in [-0.1, -0.05) is 0 Å². The lowest BCUT2D eigenvalue weighted by atomic mass is 9.60. The SMILES string of the molecule is CC(C)n1cnc(S(=O)(=O)NC2CCC23CCOCC3)c1. The maximum atomic E-state index is 12.5. The molecule has 118 valence electrons. The third-order valence-corrected chi connectivity index (χ3v) is 6.26. The van der Waals surface area contributed by atoms with Crippen molar-refractivity contribution in [1.29, 1.82) is 0 Å². The second kappa shape index (κ2) is 5.37. The molecule has 1 atom stereocenters. The molecule has 1 aliphatic heterocycles. The molecule has 1 aromatic heterocycles. The first-order valence-corrected chi connectivity index (χ1v) is 9.05. The van der Waals surface area contributed by atoms with E-state index in [0.717, 1.165) is 38.9 Å². The van der Waals surface area contributed by atoms with E-state index in [1.807, 2.05) is 13.8 Å². The van der Waals surface area contributed by atoms with E-state index in [1.54, 1.807) is 17.1 Å². The molecule has 1 aliphatic carbocycles. The highest BCUT2D eigenvalue weighted by Gasteiger charge is 2.49. The summed E-state index contributed by atoms with van der Waals surface area (Å²) in [6.07, 6.45) is 7.06. The fourth-order valence-corrected chi connectivity index (χ4v) is 4.55. The summed E-state index contributed by atoms with van der Waals surface area (Å²) in [6.45, 7) is 5.46. The van der Waals surface area contributed by atoms with Gasteiger partial charge < -0.3 is 9.30 Å². The van der Waals surface area contributed by atoms with Gasteiger partial charge in [-0.15, -0.1) is 0 Å². The van der Waals surface area contributed by atoms with E-state index in [9.17, 15) is 8.42 Å². The minimum Gasteiger partial charge on any atom is -0.381 e. The van der Waals surface area contributed by atoms with E-state index in [0.29, 0.717) is 0 Å². The van der Waals surface area contributed by atoms with Gasteiger partial charge in [0.25, 0.3) is 10.0 Å². The van der Waals surface area contributed by atoms with Gasteiger partial charge in [0, 0.05) is 31.5 Å². The first kappa shape index (κ1) is 15.0. The Morgan fingerprint density at radius 2 is 2.10 bits per heavy atom. The Bertz CT molecular complexity index is 603. The van der Waals surface area contributed by atoms with Crippen molar-refractivity contribution < 1.29 is 13.2 Å². The van der Waals surface area contributed by atoms with E-state index < -0.39 is 10.0 Å². The fourth-order valence-electron chi connectivity index (χ4n) is 3.24. The molecule has 21 heavy (non-hydrogen) atoms. The summed E-state index contributed by atoms with van der Waals surface area (Å²) in [7, 11) is -3.53. The lowest BCUT2D eigenvalue weighted by Gasteiger charge is -2.51. The number of nitrogens with zero attached hydrogens (tertiary/aromatic N) is 2. The maximum Gasteiger partial charge on any atom is 0.259 e. The number of sulfonamides is 1. The van der Waals surface area contributed by atoms with Crippen LogP contribution >= 0.6 is 0 Å². The quantitative estimate of drug-likeness (QED) is 0.918. The predicted molar refractivity (Wildman–Crippen MR) is 78.4 cm³/mol. The molecule has 3 rings (SSSR count). The Morgan fingerprint density at radius 3 is 2.62 bits per heavy atom. The number of rotatable bonds is 4. The number of hydrogen-bond donors (Lipinski definition) is 1. The zero-order valence-corrected chi connectivity index (χ0v) is 13.4. The minimum absolute atomic E-state index is 0.0237. The Balaban J connectivity index is 1.73. The molecular weight excluding hydrogens is 290 g/mol. The first-order chi connectivity index (χ1) is 9.93. The van der Waals surface area contributed by atoms with Gasteiger partial charge in [0.05, 0.1) is 6.33 Å². The highest BCUT2D eigenvalue weighted by atomic mass is 32.2. The maximum absolute atomic E-state index is 12.5. The molecule has 1 spiro atoms. The molecule has 7 heteroatoms. The molecule has 2 aliphatic rings. The van der Waals surface area contributed by atoms with Crippen LogP contribution in [0.25, 0.3) is 0 Å². The monoisotopic (exact) mass is 313 g/mol. The smallest absolute Gasteiger partial charge is 0.259 e. The lowest BCUT2D eigenvalue weighted by Crippen LogP contribution is -2.57. The van der Waals surface area contributed by atoms with E-state index >= 15 is 0 Å². The van der Waals surface area contributed by atoms with Crippen molar-refractivity contribution in [3.63, 3.8) is 0 Å². The van der Waals surface area contributed by atoms with Crippen molar-refractivity contribution in [2.45, 2.75) is 56.6 Å². The summed E-state index contributed by atoms with van der Waals surface area (Å²) in [5.74, 6) is 0. The van der Waals surface area contributed by atoms with E-state index in [2.05, 4.69) is 9.71 Å². The van der Waals surface area contributed by atoms with Crippen LogP contribution in [-0.4, -0.2) is 37.2 Å². The third kappa shape index (κ3) is 2.74. The van der Waals surface area contributed by atoms with Crippen molar-refractivity contribution in [3.8, 4) is 0 Å². The molecule has 2 heterocycles. The van der Waals surface area contributed by atoms with Gasteiger partial charge in [-0.2, -0.15) is 0 Å². The Kier molecular flexibility index (Phi) is 3.83. The summed E-state index contributed by atoms with van der Waals surface area (Å²) >= 11 is 0. The predicted octanol–water partition coefficient (Wildman–Crippen LogP) is 1.70. The molecular formula is C14H23N3O3S. The molecule has 1 N–H and O–H groups in total. The Morgan fingerprint density at radius 1 is 1.38 bits per heavy atom. The average molecular weight is 313 g/mol. The molecule has 0 bridgehead atoms. The van der Waals surface area contributed by atoms with Crippen LogP contribution in [0.4, 0.5) is 0 Å². The Hall–Kier alpha value is -0.920. The number of ether oxygens (including phenoxy) is 1. The van der Waals surface area contributed by atoms with Crippen LogP contribution in [0.5, 0.6) is 0 Å². The van der Waals surface area contributed by atoms with Gasteiger partial charge in [-0.25, -0.2) is 18.1 Å². The van der Waals surface area contributed by atoms with E-state index in [1.165, 1.54) is 0 Å². The van der Waals surface area contributed by atoms with Gasteiger partial charge in [0.15, 0.2) is 5.03 Å². The summed E-state index contributed by atoms with van der Waals surface area (Å²) in [6, 6.07) is 0.225. The minimum atomic E-state index is -3.53. The lowest BCUT2D eigenvalue weighted by molar-refractivity contribution is -0.0483. The molecule has 1 saturated carbocycles. The largest absolute Gasteiger partial charge is 0.381 e. The van der Waals surface area contributed by atoms with Gasteiger partial charge >= 0.3 is 0 Å². The van der Waals surface area contributed by atoms with Crippen molar-refractivity contribution in [2.75, 3.05) is 13.2 Å². The first-order valence-electron chi connectivity index (χ1n) is 7.56. The molecule has 2 fully saturated rings. The highest BCUT2D eigenvalue weighted by Crippen LogP contribution is 2.49. The summed E-state index contributed by atoms with van der Waals surface area (Å²) in [5, 5.41) is 0.116. The fraction of sp³-hybridized carbons (Fsp3) is 0.786. The average Bonchev–Trinajstić information content (AvgIpc) is 2.96. The number of aromatic nitrogens is 2. The zero-order chi connectivity index (χ0) is 15.1. The van der Waals surface area contributed by atoms with E-state index in [4.69, 9.17) is 4.74 Å². The highest BCUT2D eigenvalue weighted by molar-refractivity contribution is 7.89. The standard InChI is InChI=1S/C14H23N3O3S/c1-11(2)17-9-13(15-10-17)21(18,19)16-12-3-4-14(12)5-7-20-8-6-14/h9-12,16H,3-8H2,1-2H3. The van der Waals surface area contributed by atoms with E-state index in [-0.39, 0.29) is 22.5 Å². The zero-order valence-electron chi connectivity index (χ0n) is 12.6. The van der Waals surface area contributed by atoms with Crippen molar-refractivity contribution in [2.24, 2.45) is 5.41 Å². The van der Waals surface area contributed by atoms with Crippen LogP contribution in [-0.2, 0) is 14.8 Å². The van der Waals surface area contributed by atoms with Gasteiger partial charge in [-0.3, -0.25) is 0 Å². The summed E-state index contributed by atoms with van der Waals surface area (Å²) in [4.78, 5) is 4.04. The summed E-state index contributed by atoms with van der Waals surface area (Å²) < 4.78 is 35.0. The Labute approximate surface area is 125 Å². The van der Waals surface area contributed by atoms with Crippen molar-refractivity contribution in [3.05, 3.63) is 12.5 Å². The normalized spacial score (nSPS) is 25.2. The molecule has 1 unspecified atom stereocenters. The second-order valence-corrected chi connectivity index (χ2v) is 8.10. The van der Waals surface area contributed by atoms with Crippen LogP contribution < -0.4 is 4.72 Å². The van der Waals surface area contributed by atoms with Crippen molar-refractivity contribution >= 4 is 10.0 Å². The van der Waals surface area contributed by atoms with Crippen LogP contribution in [0.1, 0.15) is 45.6 Å². The van der Waals surface area contributed by atoms with Gasteiger partial charge in [-0.05, 0) is 44.9 Å². The molecule has 0 amide bonds. The van der Waals surface area contributed by atoms with Gasteiger partial charge in [0.2, 0.25) is 0 Å². The van der Waals surface area contributed by atoms with Crippen molar-refractivity contribution in [1.82, 2.24) is 14.3 Å². The van der Waals surface area contributed by atoms with Gasteiger partial charge in [0.1, 0.15) is 0 Å². The summed E-state index contributed by atoms with van der Waals surface area (Å²) in [5.41, 5.74) is 0.103. The second-order valence-electron chi connectivity index (χ2n) is 6.44.